The maximum Gasteiger partial charge on any atom is 0.534 e. The second-order valence-electron chi connectivity index (χ2n) is 7.37. The molecule has 0 N–H and O–H groups in total. The molecule has 0 radical (unpaired) electrons. The van der Waals surface area contributed by atoms with Crippen molar-refractivity contribution in [3.63, 3.8) is 0 Å². The molecule has 10 heteroatoms. The van der Waals surface area contributed by atoms with E-state index in [1.165, 1.54) is 0 Å². The zero-order valence-corrected chi connectivity index (χ0v) is 16.4. The van der Waals surface area contributed by atoms with Gasteiger partial charge in [0.05, 0.1) is 0 Å². The van der Waals surface area contributed by atoms with Crippen LogP contribution in [0.25, 0.3) is 0 Å². The van der Waals surface area contributed by atoms with Gasteiger partial charge in [0.1, 0.15) is 12.4 Å². The highest BCUT2D eigenvalue weighted by Crippen LogP contribution is 2.39. The zero-order chi connectivity index (χ0) is 20.6. The smallest absolute Gasteiger partial charge is 0.488 e. The molecular formula is C17H23F4NO4S. The first-order valence-electron chi connectivity index (χ1n) is 8.49. The molecule has 0 unspecified atom stereocenters. The number of ether oxygens (including phenoxy) is 1. The van der Waals surface area contributed by atoms with E-state index in [-0.39, 0.29) is 35.9 Å². The van der Waals surface area contributed by atoms with Crippen LogP contribution in [-0.4, -0.2) is 43.6 Å². The first kappa shape index (κ1) is 21.7. The Hall–Kier alpha value is -1.55. The van der Waals surface area contributed by atoms with Crippen LogP contribution in [0.1, 0.15) is 39.7 Å². The molecule has 1 aliphatic heterocycles. The van der Waals surface area contributed by atoms with E-state index in [4.69, 9.17) is 4.74 Å². The van der Waals surface area contributed by atoms with Crippen molar-refractivity contribution in [2.75, 3.05) is 13.2 Å². The van der Waals surface area contributed by atoms with Crippen molar-refractivity contribution in [3.05, 3.63) is 23.5 Å². The molecule has 154 valence electrons. The molecule has 5 nitrogen and oxygen atoms in total. The molecule has 0 saturated carbocycles. The second kappa shape index (κ2) is 7.46. The third kappa shape index (κ3) is 4.66. The number of hydrogen-bond donors (Lipinski definition) is 0. The van der Waals surface area contributed by atoms with E-state index in [1.807, 2.05) is 27.7 Å². The van der Waals surface area contributed by atoms with Crippen molar-refractivity contribution < 1.29 is 34.9 Å². The Morgan fingerprint density at radius 1 is 1.26 bits per heavy atom. The average molecular weight is 413 g/mol. The highest BCUT2D eigenvalue weighted by molar-refractivity contribution is 7.88. The van der Waals surface area contributed by atoms with E-state index in [0.29, 0.717) is 6.54 Å². The molecular weight excluding hydrogens is 390 g/mol. The van der Waals surface area contributed by atoms with E-state index >= 15 is 0 Å². The molecule has 27 heavy (non-hydrogen) atoms. The predicted octanol–water partition coefficient (Wildman–Crippen LogP) is 3.87. The fourth-order valence-electron chi connectivity index (χ4n) is 3.15. The summed E-state index contributed by atoms with van der Waals surface area (Å²) in [6, 6.07) is 1.44. The molecule has 0 bridgehead atoms. The number of rotatable bonds is 5. The Bertz CT molecular complexity index is 787. The molecule has 0 aromatic heterocycles. The predicted molar refractivity (Wildman–Crippen MR) is 91.7 cm³/mol. The minimum atomic E-state index is -5.87. The molecule has 0 fully saturated rings. The van der Waals surface area contributed by atoms with Gasteiger partial charge in [-0.1, -0.05) is 6.92 Å². The van der Waals surface area contributed by atoms with Crippen LogP contribution in [0.4, 0.5) is 17.6 Å². The quantitative estimate of drug-likeness (QED) is 0.417. The topological polar surface area (TPSA) is 55.8 Å². The molecule has 0 amide bonds. The van der Waals surface area contributed by atoms with Gasteiger partial charge in [0.2, 0.25) is 0 Å². The monoisotopic (exact) mass is 413 g/mol. The molecule has 1 heterocycles. The van der Waals surface area contributed by atoms with Crippen molar-refractivity contribution in [1.82, 2.24) is 4.90 Å². The Balaban J connectivity index is 2.42. The third-order valence-electron chi connectivity index (χ3n) is 4.28. The van der Waals surface area contributed by atoms with Gasteiger partial charge >= 0.3 is 15.6 Å². The Morgan fingerprint density at radius 3 is 2.41 bits per heavy atom. The summed E-state index contributed by atoms with van der Waals surface area (Å²) < 4.78 is 84.5. The van der Waals surface area contributed by atoms with Gasteiger partial charge in [-0.2, -0.15) is 21.6 Å². The third-order valence-corrected chi connectivity index (χ3v) is 5.25. The van der Waals surface area contributed by atoms with Crippen molar-refractivity contribution in [1.29, 1.82) is 0 Å². The zero-order valence-electron chi connectivity index (χ0n) is 15.6. The SMILES string of the molecule is CCCN([C@H]1COc2c(F)ccc(OS(=O)(=O)C(F)(F)F)c2C1)C(C)(C)C. The van der Waals surface area contributed by atoms with Crippen molar-refractivity contribution in [3.8, 4) is 11.5 Å². The summed E-state index contributed by atoms with van der Waals surface area (Å²) in [6.45, 7) is 8.76. The van der Waals surface area contributed by atoms with Crippen LogP contribution >= 0.6 is 0 Å². The second-order valence-corrected chi connectivity index (χ2v) is 8.91. The molecule has 1 aromatic carbocycles. The maximum atomic E-state index is 14.1. The number of halogens is 4. The van der Waals surface area contributed by atoms with Crippen LogP contribution in [0.5, 0.6) is 11.5 Å². The van der Waals surface area contributed by atoms with Crippen LogP contribution in [0, 0.1) is 5.82 Å². The van der Waals surface area contributed by atoms with Crippen LogP contribution in [0.15, 0.2) is 12.1 Å². The summed E-state index contributed by atoms with van der Waals surface area (Å²) in [5.41, 5.74) is -5.87. The summed E-state index contributed by atoms with van der Waals surface area (Å²) in [4.78, 5) is 2.10. The fourth-order valence-corrected chi connectivity index (χ4v) is 3.64. The van der Waals surface area contributed by atoms with E-state index in [2.05, 4.69) is 9.08 Å². The Kier molecular flexibility index (Phi) is 6.01. The number of fused-ring (bicyclic) bond motifs is 1. The van der Waals surface area contributed by atoms with E-state index in [0.717, 1.165) is 18.6 Å². The van der Waals surface area contributed by atoms with Crippen molar-refractivity contribution in [2.45, 2.75) is 57.6 Å². The number of alkyl halides is 3. The fraction of sp³-hybridized carbons (Fsp3) is 0.647. The largest absolute Gasteiger partial charge is 0.534 e. The van der Waals surface area contributed by atoms with Gasteiger partial charge < -0.3 is 8.92 Å². The summed E-state index contributed by atoms with van der Waals surface area (Å²) >= 11 is 0. The molecule has 0 aliphatic carbocycles. The lowest BCUT2D eigenvalue weighted by Crippen LogP contribution is -2.52. The first-order chi connectivity index (χ1) is 12.3. The van der Waals surface area contributed by atoms with Crippen LogP contribution in [0.3, 0.4) is 0 Å². The number of hydrogen-bond acceptors (Lipinski definition) is 5. The van der Waals surface area contributed by atoms with Gasteiger partial charge in [0.15, 0.2) is 11.6 Å². The van der Waals surface area contributed by atoms with Gasteiger partial charge in [-0.25, -0.2) is 4.39 Å². The minimum absolute atomic E-state index is 0.0237. The van der Waals surface area contributed by atoms with Crippen LogP contribution in [-0.2, 0) is 16.5 Å². The summed E-state index contributed by atoms with van der Waals surface area (Å²) in [5.74, 6) is -1.62. The van der Waals surface area contributed by atoms with Gasteiger partial charge in [-0.05, 0) is 52.3 Å². The molecule has 0 saturated heterocycles. The molecule has 1 aromatic rings. The van der Waals surface area contributed by atoms with Crippen LogP contribution in [0.2, 0.25) is 0 Å². The van der Waals surface area contributed by atoms with Gasteiger partial charge in [0, 0.05) is 17.1 Å². The van der Waals surface area contributed by atoms with E-state index in [1.54, 1.807) is 0 Å². The van der Waals surface area contributed by atoms with Crippen molar-refractivity contribution >= 4 is 10.1 Å². The standard InChI is InChI=1S/C17H23F4NO4S/c1-5-8-22(16(2,3)4)11-9-12-14(26-27(23,24)17(19,20)21)7-6-13(18)15(12)25-10-11/h6-7,11H,5,8-10H2,1-4H3/t11-/m1/s1. The Morgan fingerprint density at radius 2 is 1.89 bits per heavy atom. The molecule has 1 atom stereocenters. The van der Waals surface area contributed by atoms with Crippen LogP contribution < -0.4 is 8.92 Å². The molecule has 1 aliphatic rings. The minimum Gasteiger partial charge on any atom is -0.488 e. The van der Waals surface area contributed by atoms with Gasteiger partial charge in [-0.3, -0.25) is 4.90 Å². The first-order valence-corrected chi connectivity index (χ1v) is 9.90. The molecule has 0 spiro atoms. The van der Waals surface area contributed by atoms with Crippen molar-refractivity contribution in [2.24, 2.45) is 0 Å². The summed E-state index contributed by atoms with van der Waals surface area (Å²) in [6.07, 6.45) is 0.933. The van der Waals surface area contributed by atoms with Gasteiger partial charge in [-0.15, -0.1) is 0 Å². The lowest BCUT2D eigenvalue weighted by molar-refractivity contribution is -0.0500. The lowest BCUT2D eigenvalue weighted by Gasteiger charge is -2.43. The highest BCUT2D eigenvalue weighted by atomic mass is 32.2. The lowest BCUT2D eigenvalue weighted by atomic mass is 9.95. The van der Waals surface area contributed by atoms with E-state index in [9.17, 15) is 26.0 Å². The summed E-state index contributed by atoms with van der Waals surface area (Å²) in [5, 5.41) is 0. The Labute approximate surface area is 156 Å². The van der Waals surface area contributed by atoms with Gasteiger partial charge in [0.25, 0.3) is 0 Å². The number of nitrogens with zero attached hydrogens (tertiary/aromatic N) is 1. The maximum absolute atomic E-state index is 14.1. The summed E-state index contributed by atoms with van der Waals surface area (Å²) in [7, 11) is -5.87. The molecule has 2 rings (SSSR count). The van der Waals surface area contributed by atoms with E-state index < -0.39 is 27.2 Å². The highest BCUT2D eigenvalue weighted by Gasteiger charge is 2.49. The average Bonchev–Trinajstić information content (AvgIpc) is 2.53. The normalized spacial score (nSPS) is 18.2. The number of benzene rings is 1.